The first kappa shape index (κ1) is 17.0. The van der Waals surface area contributed by atoms with Crippen LogP contribution in [-0.2, 0) is 6.54 Å². The summed E-state index contributed by atoms with van der Waals surface area (Å²) in [5.41, 5.74) is 4.49. The van der Waals surface area contributed by atoms with Crippen molar-refractivity contribution in [2.45, 2.75) is 58.2 Å². The summed E-state index contributed by atoms with van der Waals surface area (Å²) in [4.78, 5) is 2.65. The van der Waals surface area contributed by atoms with Gasteiger partial charge in [0, 0.05) is 18.6 Å². The van der Waals surface area contributed by atoms with Gasteiger partial charge < -0.3 is 0 Å². The lowest BCUT2D eigenvalue weighted by atomic mass is 9.88. The van der Waals surface area contributed by atoms with Gasteiger partial charge in [-0.3, -0.25) is 4.90 Å². The van der Waals surface area contributed by atoms with Crippen molar-refractivity contribution in [2.75, 3.05) is 0 Å². The minimum absolute atomic E-state index is 0.482. The Morgan fingerprint density at radius 3 is 2.29 bits per heavy atom. The van der Waals surface area contributed by atoms with Crippen molar-refractivity contribution in [3.05, 3.63) is 83.4 Å². The van der Waals surface area contributed by atoms with E-state index in [1.165, 1.54) is 36.8 Å². The minimum Gasteiger partial charge on any atom is -0.286 e. The molecule has 2 atom stereocenters. The van der Waals surface area contributed by atoms with Crippen LogP contribution in [0, 0.1) is 0 Å². The van der Waals surface area contributed by atoms with Crippen LogP contribution in [0.25, 0.3) is 0 Å². The monoisotopic (exact) mass is 319 g/mol. The van der Waals surface area contributed by atoms with Gasteiger partial charge in [0.15, 0.2) is 0 Å². The second kappa shape index (κ2) is 8.30. The molecule has 0 saturated carbocycles. The topological polar surface area (TPSA) is 3.24 Å². The lowest BCUT2D eigenvalue weighted by Crippen LogP contribution is -2.38. The summed E-state index contributed by atoms with van der Waals surface area (Å²) in [6.07, 6.45) is 7.51. The Kier molecular flexibility index (Phi) is 5.87. The first-order chi connectivity index (χ1) is 11.8. The summed E-state index contributed by atoms with van der Waals surface area (Å²) in [6.45, 7) is 5.65. The molecule has 0 amide bonds. The summed E-state index contributed by atoms with van der Waals surface area (Å²) in [7, 11) is 0. The Morgan fingerprint density at radius 2 is 1.62 bits per heavy atom. The maximum absolute atomic E-state index is 2.65. The molecule has 1 aliphatic heterocycles. The first-order valence-electron chi connectivity index (χ1n) is 9.32. The van der Waals surface area contributed by atoms with Crippen LogP contribution in [0.3, 0.4) is 0 Å². The summed E-state index contributed by atoms with van der Waals surface area (Å²) in [6, 6.07) is 22.9. The molecule has 0 fully saturated rings. The molecule has 1 aliphatic rings. The normalized spacial score (nSPS) is 21.5. The third-order valence-electron chi connectivity index (χ3n) is 5.10. The van der Waals surface area contributed by atoms with Crippen LogP contribution in [0.4, 0.5) is 0 Å². The Balaban J connectivity index is 1.86. The molecular formula is C23H29N. The number of unbranched alkanes of at least 4 members (excludes halogenated alkanes) is 1. The fourth-order valence-corrected chi connectivity index (χ4v) is 3.78. The molecule has 0 aromatic heterocycles. The summed E-state index contributed by atoms with van der Waals surface area (Å²) in [5, 5.41) is 0. The number of hydrogen-bond donors (Lipinski definition) is 0. The molecular weight excluding hydrogens is 290 g/mol. The predicted molar refractivity (Wildman–Crippen MR) is 103 cm³/mol. The Bertz CT molecular complexity index is 644. The zero-order valence-electron chi connectivity index (χ0n) is 15.0. The quantitative estimate of drug-likeness (QED) is 0.578. The Labute approximate surface area is 147 Å². The number of hydrogen-bond acceptors (Lipinski definition) is 1. The minimum atomic E-state index is 0.482. The van der Waals surface area contributed by atoms with Gasteiger partial charge in [0.25, 0.3) is 0 Å². The Morgan fingerprint density at radius 1 is 0.958 bits per heavy atom. The lowest BCUT2D eigenvalue weighted by molar-refractivity contribution is 0.144. The van der Waals surface area contributed by atoms with Crippen LogP contribution in [0.1, 0.15) is 56.7 Å². The van der Waals surface area contributed by atoms with E-state index in [2.05, 4.69) is 85.5 Å². The lowest BCUT2D eigenvalue weighted by Gasteiger charge is -2.40. The van der Waals surface area contributed by atoms with Gasteiger partial charge in [0.1, 0.15) is 0 Å². The summed E-state index contributed by atoms with van der Waals surface area (Å²) >= 11 is 0. The average molecular weight is 319 g/mol. The van der Waals surface area contributed by atoms with E-state index in [0.29, 0.717) is 12.1 Å². The molecule has 0 N–H and O–H groups in total. The largest absolute Gasteiger partial charge is 0.286 e. The molecule has 1 heteroatoms. The molecule has 2 aromatic carbocycles. The zero-order chi connectivity index (χ0) is 16.8. The van der Waals surface area contributed by atoms with Crippen molar-refractivity contribution in [2.24, 2.45) is 0 Å². The highest BCUT2D eigenvalue weighted by molar-refractivity contribution is 5.26. The molecule has 2 unspecified atom stereocenters. The van der Waals surface area contributed by atoms with Crippen molar-refractivity contribution in [1.82, 2.24) is 4.90 Å². The molecule has 0 saturated heterocycles. The average Bonchev–Trinajstić information content (AvgIpc) is 2.63. The third-order valence-corrected chi connectivity index (χ3v) is 5.10. The maximum atomic E-state index is 2.65. The predicted octanol–water partition coefficient (Wildman–Crippen LogP) is 6.14. The van der Waals surface area contributed by atoms with Gasteiger partial charge in [-0.1, -0.05) is 85.7 Å². The van der Waals surface area contributed by atoms with Gasteiger partial charge in [-0.2, -0.15) is 0 Å². The molecule has 1 nitrogen and oxygen atoms in total. The fourth-order valence-electron chi connectivity index (χ4n) is 3.78. The van der Waals surface area contributed by atoms with Crippen LogP contribution < -0.4 is 0 Å². The van der Waals surface area contributed by atoms with Gasteiger partial charge in [0.05, 0.1) is 0 Å². The van der Waals surface area contributed by atoms with Crippen molar-refractivity contribution in [1.29, 1.82) is 0 Å². The van der Waals surface area contributed by atoms with Crippen LogP contribution in [0.2, 0.25) is 0 Å². The summed E-state index contributed by atoms with van der Waals surface area (Å²) < 4.78 is 0. The van der Waals surface area contributed by atoms with Crippen molar-refractivity contribution >= 4 is 0 Å². The zero-order valence-corrected chi connectivity index (χ0v) is 15.0. The highest BCUT2D eigenvalue weighted by Gasteiger charge is 2.29. The highest BCUT2D eigenvalue weighted by Crippen LogP contribution is 2.36. The number of nitrogens with zero attached hydrogens (tertiary/aromatic N) is 1. The third kappa shape index (κ3) is 4.15. The first-order valence-corrected chi connectivity index (χ1v) is 9.32. The van der Waals surface area contributed by atoms with E-state index in [-0.39, 0.29) is 0 Å². The van der Waals surface area contributed by atoms with Crippen LogP contribution in [0.15, 0.2) is 72.3 Å². The van der Waals surface area contributed by atoms with Crippen molar-refractivity contribution in [3.8, 4) is 0 Å². The molecule has 24 heavy (non-hydrogen) atoms. The van der Waals surface area contributed by atoms with E-state index < -0.39 is 0 Å². The van der Waals surface area contributed by atoms with Gasteiger partial charge >= 0.3 is 0 Å². The van der Waals surface area contributed by atoms with E-state index >= 15 is 0 Å². The standard InChI is InChI=1S/C23H29N/c1-3-4-11-21-16-19(2)24(18-20-12-7-5-8-13-20)23(17-21)22-14-9-6-10-15-22/h5-10,12-16,19,23H,3-4,11,17-18H2,1-2H3. The second-order valence-corrected chi connectivity index (χ2v) is 6.96. The van der Waals surface area contributed by atoms with Gasteiger partial charge in [-0.25, -0.2) is 0 Å². The van der Waals surface area contributed by atoms with Gasteiger partial charge in [0.2, 0.25) is 0 Å². The van der Waals surface area contributed by atoms with E-state index in [0.717, 1.165) is 6.54 Å². The smallest absolute Gasteiger partial charge is 0.0394 e. The fraction of sp³-hybridized carbons (Fsp3) is 0.391. The molecule has 2 aromatic rings. The molecule has 0 aliphatic carbocycles. The van der Waals surface area contributed by atoms with Crippen LogP contribution >= 0.6 is 0 Å². The molecule has 0 bridgehead atoms. The van der Waals surface area contributed by atoms with E-state index in [9.17, 15) is 0 Å². The Hall–Kier alpha value is -1.86. The van der Waals surface area contributed by atoms with Gasteiger partial charge in [-0.05, 0) is 37.3 Å². The van der Waals surface area contributed by atoms with Crippen LogP contribution in [0.5, 0.6) is 0 Å². The second-order valence-electron chi connectivity index (χ2n) is 6.96. The van der Waals surface area contributed by atoms with E-state index in [1.54, 1.807) is 5.57 Å². The SMILES string of the molecule is CCCCC1=CC(C)N(Cc2ccccc2)C(c2ccccc2)C1. The van der Waals surface area contributed by atoms with Crippen LogP contribution in [-0.4, -0.2) is 10.9 Å². The molecule has 0 radical (unpaired) electrons. The van der Waals surface area contributed by atoms with E-state index in [4.69, 9.17) is 0 Å². The van der Waals surface area contributed by atoms with Crippen molar-refractivity contribution < 1.29 is 0 Å². The summed E-state index contributed by atoms with van der Waals surface area (Å²) in [5.74, 6) is 0. The number of rotatable bonds is 6. The van der Waals surface area contributed by atoms with Gasteiger partial charge in [-0.15, -0.1) is 0 Å². The molecule has 3 rings (SSSR count). The van der Waals surface area contributed by atoms with E-state index in [1.807, 2.05) is 0 Å². The maximum Gasteiger partial charge on any atom is 0.0394 e. The molecule has 1 heterocycles. The number of benzene rings is 2. The highest BCUT2D eigenvalue weighted by atomic mass is 15.2. The molecule has 126 valence electrons. The van der Waals surface area contributed by atoms with Crippen molar-refractivity contribution in [3.63, 3.8) is 0 Å². The molecule has 0 spiro atoms.